The van der Waals surface area contributed by atoms with Crippen LogP contribution in [0.5, 0.6) is 0 Å². The molecule has 2 N–H and O–H groups in total. The molecular weight excluding hydrogens is 364 g/mol. The predicted octanol–water partition coefficient (Wildman–Crippen LogP) is 4.18. The van der Waals surface area contributed by atoms with E-state index >= 15 is 0 Å². The van der Waals surface area contributed by atoms with Crippen molar-refractivity contribution in [3.05, 3.63) is 71.3 Å². The Labute approximate surface area is 166 Å². The van der Waals surface area contributed by atoms with Gasteiger partial charge in [0.1, 0.15) is 0 Å². The number of hydrogen-bond donors (Lipinski definition) is 1. The van der Waals surface area contributed by atoms with Gasteiger partial charge in [-0.15, -0.1) is 12.4 Å². The highest BCUT2D eigenvalue weighted by Gasteiger charge is 2.35. The molecule has 3 rings (SSSR count). The Bertz CT molecular complexity index is 693. The second-order valence-corrected chi connectivity index (χ2v) is 7.83. The normalized spacial score (nSPS) is 19.2. The smallest absolute Gasteiger partial charge is 0.253 e. The Balaban J connectivity index is 0.00000243. The first kappa shape index (κ1) is 20.8. The molecule has 3 nitrogen and oxygen atoms in total. The third kappa shape index (κ3) is 4.81. The van der Waals surface area contributed by atoms with E-state index in [1.54, 1.807) is 0 Å². The zero-order valence-electron chi connectivity index (χ0n) is 15.1. The summed E-state index contributed by atoms with van der Waals surface area (Å²) >= 11 is 1.89. The van der Waals surface area contributed by atoms with Gasteiger partial charge in [0.05, 0.1) is 0 Å². The predicted molar refractivity (Wildman–Crippen MR) is 113 cm³/mol. The molecular formula is C21H27ClN2OS. The molecule has 0 unspecified atom stereocenters. The molecule has 0 aliphatic carbocycles. The maximum Gasteiger partial charge on any atom is 0.253 e. The number of amides is 1. The third-order valence-corrected chi connectivity index (χ3v) is 5.88. The van der Waals surface area contributed by atoms with Crippen molar-refractivity contribution in [3.63, 3.8) is 0 Å². The van der Waals surface area contributed by atoms with Crippen molar-refractivity contribution in [3.8, 4) is 0 Å². The summed E-state index contributed by atoms with van der Waals surface area (Å²) in [6.07, 6.45) is 0. The standard InChI is InChI=1S/C21H26N2OS.ClH/c1-2-25-15-16-8-10-18(11-9-16)21(24)23-13-19(12-22)20(14-23)17-6-4-3-5-7-17;/h3-11,19-20H,2,12-15,22H2,1H3;1H/t19-,20+;/m1./s1. The van der Waals surface area contributed by atoms with Crippen molar-refractivity contribution in [1.29, 1.82) is 0 Å². The van der Waals surface area contributed by atoms with Gasteiger partial charge < -0.3 is 10.6 Å². The van der Waals surface area contributed by atoms with Crippen LogP contribution in [0.4, 0.5) is 0 Å². The quantitative estimate of drug-likeness (QED) is 0.804. The van der Waals surface area contributed by atoms with Gasteiger partial charge in [-0.1, -0.05) is 49.4 Å². The Kier molecular flexibility index (Phi) is 8.01. The summed E-state index contributed by atoms with van der Waals surface area (Å²) in [6.45, 7) is 4.25. The first-order valence-corrected chi connectivity index (χ1v) is 10.1. The summed E-state index contributed by atoms with van der Waals surface area (Å²) in [7, 11) is 0. The fourth-order valence-corrected chi connectivity index (χ4v) is 4.13. The monoisotopic (exact) mass is 390 g/mol. The van der Waals surface area contributed by atoms with Crippen molar-refractivity contribution in [1.82, 2.24) is 4.90 Å². The summed E-state index contributed by atoms with van der Waals surface area (Å²) in [6, 6.07) is 18.5. The molecule has 0 aromatic heterocycles. The van der Waals surface area contributed by atoms with Crippen LogP contribution in [0.15, 0.2) is 54.6 Å². The van der Waals surface area contributed by atoms with Crippen LogP contribution in [0.25, 0.3) is 0 Å². The van der Waals surface area contributed by atoms with Gasteiger partial charge in [0.2, 0.25) is 0 Å². The molecule has 140 valence electrons. The van der Waals surface area contributed by atoms with E-state index in [1.807, 2.05) is 34.9 Å². The van der Waals surface area contributed by atoms with E-state index in [1.165, 1.54) is 11.1 Å². The van der Waals surface area contributed by atoms with Crippen LogP contribution in [0.3, 0.4) is 0 Å². The zero-order valence-corrected chi connectivity index (χ0v) is 16.8. The van der Waals surface area contributed by atoms with Crippen LogP contribution in [0.1, 0.15) is 34.3 Å². The minimum atomic E-state index is 0. The number of hydrogen-bond acceptors (Lipinski definition) is 3. The number of benzene rings is 2. The van der Waals surface area contributed by atoms with Gasteiger partial charge in [-0.05, 0) is 41.5 Å². The van der Waals surface area contributed by atoms with Crippen molar-refractivity contribution in [2.24, 2.45) is 11.7 Å². The lowest BCUT2D eigenvalue weighted by Gasteiger charge is -2.17. The SMILES string of the molecule is CCSCc1ccc(C(=O)N2C[C@@H](CN)[C@H](c3ccccc3)C2)cc1.Cl. The van der Waals surface area contributed by atoms with Crippen LogP contribution in [0.2, 0.25) is 0 Å². The van der Waals surface area contributed by atoms with E-state index < -0.39 is 0 Å². The number of nitrogens with two attached hydrogens (primary N) is 1. The molecule has 0 spiro atoms. The van der Waals surface area contributed by atoms with Crippen LogP contribution >= 0.6 is 24.2 Å². The highest BCUT2D eigenvalue weighted by Crippen LogP contribution is 2.32. The second kappa shape index (κ2) is 10.0. The zero-order chi connectivity index (χ0) is 17.6. The maximum atomic E-state index is 12.9. The van der Waals surface area contributed by atoms with Crippen molar-refractivity contribution < 1.29 is 4.79 Å². The molecule has 1 saturated heterocycles. The molecule has 0 saturated carbocycles. The highest BCUT2D eigenvalue weighted by atomic mass is 35.5. The summed E-state index contributed by atoms with van der Waals surface area (Å²) in [5.41, 5.74) is 9.31. The number of halogens is 1. The van der Waals surface area contributed by atoms with Gasteiger partial charge in [-0.25, -0.2) is 0 Å². The number of carbonyl (C=O) groups is 1. The number of thioether (sulfide) groups is 1. The molecule has 0 radical (unpaired) electrons. The lowest BCUT2D eigenvalue weighted by molar-refractivity contribution is 0.0786. The molecule has 1 heterocycles. The fourth-order valence-electron chi connectivity index (χ4n) is 3.50. The number of likely N-dealkylation sites (tertiary alicyclic amines) is 1. The van der Waals surface area contributed by atoms with Gasteiger partial charge in [-0.3, -0.25) is 4.79 Å². The molecule has 2 aromatic rings. The molecule has 1 fully saturated rings. The van der Waals surface area contributed by atoms with E-state index in [0.717, 1.165) is 30.2 Å². The Morgan fingerprint density at radius 2 is 1.81 bits per heavy atom. The summed E-state index contributed by atoms with van der Waals surface area (Å²) < 4.78 is 0. The first-order chi connectivity index (χ1) is 12.2. The molecule has 2 aromatic carbocycles. The summed E-state index contributed by atoms with van der Waals surface area (Å²) in [5.74, 6) is 2.88. The maximum absolute atomic E-state index is 12.9. The number of nitrogens with zero attached hydrogens (tertiary/aromatic N) is 1. The lowest BCUT2D eigenvalue weighted by Crippen LogP contribution is -2.29. The lowest BCUT2D eigenvalue weighted by atomic mass is 9.89. The molecule has 26 heavy (non-hydrogen) atoms. The van der Waals surface area contributed by atoms with Crippen LogP contribution in [-0.2, 0) is 5.75 Å². The van der Waals surface area contributed by atoms with Crippen molar-refractivity contribution in [2.75, 3.05) is 25.4 Å². The Hall–Kier alpha value is -1.49. The molecule has 1 aliphatic heterocycles. The molecule has 1 aliphatic rings. The highest BCUT2D eigenvalue weighted by molar-refractivity contribution is 7.98. The summed E-state index contributed by atoms with van der Waals surface area (Å²) in [5, 5.41) is 0. The average molecular weight is 391 g/mol. The topological polar surface area (TPSA) is 46.3 Å². The van der Waals surface area contributed by atoms with E-state index in [4.69, 9.17) is 5.73 Å². The van der Waals surface area contributed by atoms with Crippen LogP contribution in [0, 0.1) is 5.92 Å². The van der Waals surface area contributed by atoms with Crippen molar-refractivity contribution in [2.45, 2.75) is 18.6 Å². The van der Waals surface area contributed by atoms with Crippen molar-refractivity contribution >= 4 is 30.1 Å². The number of carbonyl (C=O) groups excluding carboxylic acids is 1. The summed E-state index contributed by atoms with van der Waals surface area (Å²) in [4.78, 5) is 14.9. The van der Waals surface area contributed by atoms with Gasteiger partial charge in [0.15, 0.2) is 0 Å². The van der Waals surface area contributed by atoms with Crippen LogP contribution < -0.4 is 5.73 Å². The largest absolute Gasteiger partial charge is 0.338 e. The first-order valence-electron chi connectivity index (χ1n) is 8.94. The third-order valence-electron chi connectivity index (χ3n) is 4.93. The van der Waals surface area contributed by atoms with E-state index in [2.05, 4.69) is 43.3 Å². The van der Waals surface area contributed by atoms with Gasteiger partial charge in [0, 0.05) is 30.3 Å². The van der Waals surface area contributed by atoms with Crippen LogP contribution in [-0.4, -0.2) is 36.2 Å². The Morgan fingerprint density at radius 3 is 2.42 bits per heavy atom. The Morgan fingerprint density at radius 1 is 1.12 bits per heavy atom. The van der Waals surface area contributed by atoms with E-state index in [-0.39, 0.29) is 18.3 Å². The molecule has 1 amide bonds. The van der Waals surface area contributed by atoms with Gasteiger partial charge in [0.25, 0.3) is 5.91 Å². The molecule has 2 atom stereocenters. The van der Waals surface area contributed by atoms with Gasteiger partial charge >= 0.3 is 0 Å². The molecule has 0 bridgehead atoms. The average Bonchev–Trinajstić information content (AvgIpc) is 3.11. The van der Waals surface area contributed by atoms with E-state index in [0.29, 0.717) is 18.4 Å². The minimum Gasteiger partial charge on any atom is -0.338 e. The molecule has 5 heteroatoms. The fraction of sp³-hybridized carbons (Fsp3) is 0.381. The second-order valence-electron chi connectivity index (χ2n) is 6.56. The van der Waals surface area contributed by atoms with E-state index in [9.17, 15) is 4.79 Å². The number of rotatable bonds is 6. The minimum absolute atomic E-state index is 0. The van der Waals surface area contributed by atoms with Gasteiger partial charge in [-0.2, -0.15) is 11.8 Å².